The van der Waals surface area contributed by atoms with Crippen LogP contribution in [0.2, 0.25) is 0 Å². The first kappa shape index (κ1) is 16.7. The molecule has 1 unspecified atom stereocenters. The number of carbonyl (C=O) groups is 2. The van der Waals surface area contributed by atoms with Gasteiger partial charge in [-0.05, 0) is 42.7 Å². The Bertz CT molecular complexity index is 757. The number of nitrogens with zero attached hydrogens (tertiary/aromatic N) is 1. The maximum Gasteiger partial charge on any atom is 0.311 e. The van der Waals surface area contributed by atoms with Crippen LogP contribution in [-0.4, -0.2) is 24.5 Å². The second kappa shape index (κ2) is 7.18. The summed E-state index contributed by atoms with van der Waals surface area (Å²) in [5, 5.41) is 0. The number of rotatable bonds is 4. The smallest absolute Gasteiger partial charge is 0.311 e. The van der Waals surface area contributed by atoms with Gasteiger partial charge in [0.15, 0.2) is 6.10 Å². The number of amides is 1. The number of fused-ring (bicyclic) bond motifs is 1. The lowest BCUT2D eigenvalue weighted by Gasteiger charge is -2.21. The minimum absolute atomic E-state index is 0.154. The fraction of sp³-hybridized carbons (Fsp3) is 0.263. The van der Waals surface area contributed by atoms with Crippen LogP contribution in [0.1, 0.15) is 18.1 Å². The van der Waals surface area contributed by atoms with Gasteiger partial charge in [0.05, 0.1) is 6.42 Å². The average molecular weight is 388 g/mol. The molecule has 3 rings (SSSR count). The van der Waals surface area contributed by atoms with Crippen molar-refractivity contribution in [2.24, 2.45) is 0 Å². The fourth-order valence-corrected chi connectivity index (χ4v) is 3.11. The van der Waals surface area contributed by atoms with Crippen molar-refractivity contribution in [3.8, 4) is 0 Å². The zero-order valence-corrected chi connectivity index (χ0v) is 15.0. The lowest BCUT2D eigenvalue weighted by molar-refractivity contribution is -0.153. The Kier molecular flexibility index (Phi) is 5.00. The lowest BCUT2D eigenvalue weighted by Crippen LogP contribution is -2.39. The largest absolute Gasteiger partial charge is 0.452 e. The summed E-state index contributed by atoms with van der Waals surface area (Å²) < 4.78 is 6.29. The summed E-state index contributed by atoms with van der Waals surface area (Å²) in [6, 6.07) is 15.3. The summed E-state index contributed by atoms with van der Waals surface area (Å²) in [5.41, 5.74) is 2.92. The zero-order valence-electron chi connectivity index (χ0n) is 13.4. The van der Waals surface area contributed by atoms with Crippen LogP contribution in [0.15, 0.2) is 53.0 Å². The first-order valence-corrected chi connectivity index (χ1v) is 8.67. The molecule has 0 spiro atoms. The van der Waals surface area contributed by atoms with Crippen molar-refractivity contribution in [1.82, 2.24) is 0 Å². The number of hydrogen-bond acceptors (Lipinski definition) is 3. The standard InChI is InChI=1S/C19H18BrNO3/c1-13(24-18(22)12-14-6-8-16(20)9-7-14)19(23)21-11-10-15-4-2-3-5-17(15)21/h2-9,13H,10-12H2,1H3. The van der Waals surface area contributed by atoms with Gasteiger partial charge in [-0.25, -0.2) is 0 Å². The van der Waals surface area contributed by atoms with Crippen molar-refractivity contribution >= 4 is 33.5 Å². The van der Waals surface area contributed by atoms with Crippen molar-refractivity contribution in [3.63, 3.8) is 0 Å². The van der Waals surface area contributed by atoms with Crippen LogP contribution >= 0.6 is 15.9 Å². The monoisotopic (exact) mass is 387 g/mol. The van der Waals surface area contributed by atoms with Crippen LogP contribution in [0, 0.1) is 0 Å². The minimum Gasteiger partial charge on any atom is -0.452 e. The summed E-state index contributed by atoms with van der Waals surface area (Å²) in [4.78, 5) is 26.4. The molecule has 0 fully saturated rings. The molecule has 5 heteroatoms. The van der Waals surface area contributed by atoms with Crippen LogP contribution in [0.4, 0.5) is 5.69 Å². The van der Waals surface area contributed by atoms with E-state index >= 15 is 0 Å². The maximum absolute atomic E-state index is 12.6. The van der Waals surface area contributed by atoms with Crippen LogP contribution in [0.25, 0.3) is 0 Å². The predicted molar refractivity (Wildman–Crippen MR) is 95.9 cm³/mol. The van der Waals surface area contributed by atoms with Gasteiger partial charge in [-0.1, -0.05) is 46.3 Å². The summed E-state index contributed by atoms with van der Waals surface area (Å²) in [7, 11) is 0. The number of carbonyl (C=O) groups excluding carboxylic acids is 2. The first-order chi connectivity index (χ1) is 11.5. The third-order valence-corrected chi connectivity index (χ3v) is 4.60. The van der Waals surface area contributed by atoms with Gasteiger partial charge in [-0.15, -0.1) is 0 Å². The molecular formula is C19H18BrNO3. The van der Waals surface area contributed by atoms with E-state index in [0.717, 1.165) is 27.7 Å². The quantitative estimate of drug-likeness (QED) is 0.754. The van der Waals surface area contributed by atoms with Crippen LogP contribution in [0.5, 0.6) is 0 Å². The number of halogens is 1. The third kappa shape index (κ3) is 3.67. The third-order valence-electron chi connectivity index (χ3n) is 4.07. The molecule has 0 aromatic heterocycles. The van der Waals surface area contributed by atoms with Gasteiger partial charge in [-0.2, -0.15) is 0 Å². The second-order valence-corrected chi connectivity index (χ2v) is 6.72. The van der Waals surface area contributed by atoms with E-state index in [-0.39, 0.29) is 12.3 Å². The lowest BCUT2D eigenvalue weighted by atomic mass is 10.1. The number of benzene rings is 2. The van der Waals surface area contributed by atoms with E-state index < -0.39 is 12.1 Å². The highest BCUT2D eigenvalue weighted by atomic mass is 79.9. The van der Waals surface area contributed by atoms with Gasteiger partial charge in [0.25, 0.3) is 5.91 Å². The molecule has 1 aliphatic heterocycles. The van der Waals surface area contributed by atoms with Crippen LogP contribution in [0.3, 0.4) is 0 Å². The second-order valence-electron chi connectivity index (χ2n) is 5.80. The van der Waals surface area contributed by atoms with Gasteiger partial charge < -0.3 is 9.64 Å². The van der Waals surface area contributed by atoms with Crippen LogP contribution in [-0.2, 0) is 27.2 Å². The van der Waals surface area contributed by atoms with Gasteiger partial charge in [0.1, 0.15) is 0 Å². The van der Waals surface area contributed by atoms with Crippen LogP contribution < -0.4 is 4.90 Å². The van der Waals surface area contributed by atoms with Gasteiger partial charge in [0, 0.05) is 16.7 Å². The van der Waals surface area contributed by atoms with Gasteiger partial charge >= 0.3 is 5.97 Å². The van der Waals surface area contributed by atoms with E-state index in [4.69, 9.17) is 4.74 Å². The molecule has 4 nitrogen and oxygen atoms in total. The summed E-state index contributed by atoms with van der Waals surface area (Å²) in [6.45, 7) is 2.26. The van der Waals surface area contributed by atoms with Crippen molar-refractivity contribution in [3.05, 3.63) is 64.1 Å². The molecule has 0 N–H and O–H groups in total. The van der Waals surface area contributed by atoms with Crippen molar-refractivity contribution in [1.29, 1.82) is 0 Å². The van der Waals surface area contributed by atoms with Gasteiger partial charge in [0.2, 0.25) is 0 Å². The molecule has 24 heavy (non-hydrogen) atoms. The van der Waals surface area contributed by atoms with Crippen molar-refractivity contribution in [2.75, 3.05) is 11.4 Å². The fourth-order valence-electron chi connectivity index (χ4n) is 2.84. The van der Waals surface area contributed by atoms with E-state index in [1.165, 1.54) is 0 Å². The number of anilines is 1. The average Bonchev–Trinajstić information content (AvgIpc) is 3.00. The topological polar surface area (TPSA) is 46.6 Å². The Balaban J connectivity index is 1.60. The molecule has 1 aliphatic rings. The highest BCUT2D eigenvalue weighted by Gasteiger charge is 2.29. The van der Waals surface area contributed by atoms with Gasteiger partial charge in [-0.3, -0.25) is 9.59 Å². The Morgan fingerprint density at radius 1 is 1.17 bits per heavy atom. The highest BCUT2D eigenvalue weighted by Crippen LogP contribution is 2.28. The highest BCUT2D eigenvalue weighted by molar-refractivity contribution is 9.10. The maximum atomic E-state index is 12.6. The normalized spacial score (nSPS) is 14.2. The molecular weight excluding hydrogens is 370 g/mol. The number of para-hydroxylation sites is 1. The van der Waals surface area contributed by atoms with E-state index in [1.807, 2.05) is 48.5 Å². The molecule has 0 bridgehead atoms. The van der Waals surface area contributed by atoms with E-state index in [9.17, 15) is 9.59 Å². The molecule has 124 valence electrons. The van der Waals surface area contributed by atoms with Crippen molar-refractivity contribution < 1.29 is 14.3 Å². The molecule has 2 aromatic carbocycles. The minimum atomic E-state index is -0.792. The Morgan fingerprint density at radius 2 is 1.88 bits per heavy atom. The summed E-state index contributed by atoms with van der Waals surface area (Å²) in [6.07, 6.45) is 0.197. The molecule has 0 saturated carbocycles. The number of hydrogen-bond donors (Lipinski definition) is 0. The van der Waals surface area contributed by atoms with E-state index in [1.54, 1.807) is 11.8 Å². The number of ether oxygens (including phenoxy) is 1. The molecule has 1 amide bonds. The molecule has 0 aliphatic carbocycles. The molecule has 1 atom stereocenters. The van der Waals surface area contributed by atoms with E-state index in [0.29, 0.717) is 6.54 Å². The molecule has 1 heterocycles. The molecule has 0 radical (unpaired) electrons. The first-order valence-electron chi connectivity index (χ1n) is 7.88. The summed E-state index contributed by atoms with van der Waals surface area (Å²) in [5.74, 6) is -0.574. The predicted octanol–water partition coefficient (Wildman–Crippen LogP) is 3.51. The zero-order chi connectivity index (χ0) is 17.1. The van der Waals surface area contributed by atoms with E-state index in [2.05, 4.69) is 15.9 Å². The molecule has 2 aromatic rings. The Labute approximate surface area is 149 Å². The SMILES string of the molecule is CC(OC(=O)Cc1ccc(Br)cc1)C(=O)N1CCc2ccccc21. The van der Waals surface area contributed by atoms with Crippen molar-refractivity contribution in [2.45, 2.75) is 25.9 Å². The number of esters is 1. The summed E-state index contributed by atoms with van der Waals surface area (Å²) >= 11 is 3.36. The Hall–Kier alpha value is -2.14. The molecule has 0 saturated heterocycles. The Morgan fingerprint density at radius 3 is 2.62 bits per heavy atom.